The second kappa shape index (κ2) is 41.9. The van der Waals surface area contributed by atoms with E-state index in [9.17, 15) is 34.5 Å². The second-order valence-corrected chi connectivity index (χ2v) is 3.98. The van der Waals surface area contributed by atoms with E-state index in [4.69, 9.17) is 21.0 Å². The van der Waals surface area contributed by atoms with Crippen molar-refractivity contribution in [2.24, 2.45) is 0 Å². The number of rotatable bonds is 0. The van der Waals surface area contributed by atoms with Crippen LogP contribution in [0.5, 0.6) is 0 Å². The third-order valence-corrected chi connectivity index (χ3v) is 1.33. The molecule has 0 N–H and O–H groups in total. The van der Waals surface area contributed by atoms with Crippen LogP contribution < -0.4 is 0 Å². The molecule has 1 aliphatic rings. The van der Waals surface area contributed by atoms with Crippen molar-refractivity contribution < 1.29 is 54.0 Å². The van der Waals surface area contributed by atoms with Crippen LogP contribution in [0.2, 0.25) is 0 Å². The summed E-state index contributed by atoms with van der Waals surface area (Å²) in [4.78, 5) is 0. The van der Waals surface area contributed by atoms with Gasteiger partial charge in [0.05, 0.1) is 24.3 Å². The van der Waals surface area contributed by atoms with Gasteiger partial charge in [0, 0.05) is 27.7 Å². The van der Waals surface area contributed by atoms with Crippen LogP contribution in [0, 0.1) is 45.3 Å². The summed E-state index contributed by atoms with van der Waals surface area (Å²) in [6.07, 6.45) is 14.0. The average molecular weight is 547 g/mol. The van der Waals surface area contributed by atoms with Gasteiger partial charge in [0.25, 0.3) is 0 Å². The van der Waals surface area contributed by atoms with Crippen molar-refractivity contribution in [3.8, 4) is 24.3 Å². The van der Waals surface area contributed by atoms with E-state index in [0.29, 0.717) is 0 Å². The van der Waals surface area contributed by atoms with E-state index in [2.05, 4.69) is 24.3 Å². The van der Waals surface area contributed by atoms with Gasteiger partial charge >= 0.3 is 34.0 Å². The Morgan fingerprint density at radius 1 is 0.484 bits per heavy atom. The molecule has 0 unspecified atom stereocenters. The van der Waals surface area contributed by atoms with Gasteiger partial charge in [-0.05, 0) is 25.7 Å². The van der Waals surface area contributed by atoms with Gasteiger partial charge in [-0.25, -0.2) is 0 Å². The minimum atomic E-state index is -6.00. The predicted octanol–water partition coefficient (Wildman–Crippen LogP) is 7.39. The molecule has 4 nitrogen and oxygen atoms in total. The molecule has 0 heterocycles. The Labute approximate surface area is 191 Å². The molecule has 0 saturated carbocycles. The molecule has 1 aliphatic carbocycles. The quantitative estimate of drug-likeness (QED) is 0.180. The van der Waals surface area contributed by atoms with Crippen molar-refractivity contribution in [1.82, 2.24) is 0 Å². The fourth-order valence-corrected chi connectivity index (χ4v) is 0.856. The smallest absolute Gasteiger partial charge is 0.418 e. The van der Waals surface area contributed by atoms with Crippen LogP contribution in [-0.2, 0) is 19.5 Å². The normalized spacial score (nSPS) is 12.1. The van der Waals surface area contributed by atoms with E-state index < -0.39 is 14.5 Å². The van der Waals surface area contributed by atoms with Crippen LogP contribution in [0.15, 0.2) is 24.3 Å². The van der Waals surface area contributed by atoms with Gasteiger partial charge in [-0.2, -0.15) is 21.0 Å². The molecule has 31 heavy (non-hydrogen) atoms. The summed E-state index contributed by atoms with van der Waals surface area (Å²) in [5, 5.41) is 29.3. The van der Waals surface area contributed by atoms with E-state index in [1.54, 1.807) is 24.3 Å². The van der Waals surface area contributed by atoms with Crippen LogP contribution in [0.3, 0.4) is 0 Å². The molecule has 0 aromatic heterocycles. The minimum absolute atomic E-state index is 0. The summed E-state index contributed by atoms with van der Waals surface area (Å²) in [5.74, 6) is 0. The number of nitrogens with zero attached hydrogens (tertiary/aromatic N) is 4. The Morgan fingerprint density at radius 2 is 0.548 bits per heavy atom. The van der Waals surface area contributed by atoms with E-state index in [1.807, 2.05) is 0 Å². The van der Waals surface area contributed by atoms with E-state index in [-0.39, 0.29) is 19.5 Å². The van der Waals surface area contributed by atoms with E-state index >= 15 is 0 Å². The second-order valence-electron chi connectivity index (χ2n) is 3.98. The minimum Gasteiger partial charge on any atom is -0.418 e. The number of allylic oxidation sites excluding steroid dienone is 4. The monoisotopic (exact) mass is 548 g/mol. The zero-order chi connectivity index (χ0) is 25.5. The van der Waals surface area contributed by atoms with Crippen LogP contribution in [0.25, 0.3) is 0 Å². The maximum absolute atomic E-state index is 9.75. The maximum Gasteiger partial charge on any atom is 2.00 e. The molecule has 178 valence electrons. The van der Waals surface area contributed by atoms with E-state index in [1.165, 1.54) is 53.4 Å². The first-order valence-corrected chi connectivity index (χ1v) is 7.94. The third-order valence-electron chi connectivity index (χ3n) is 1.33. The molecule has 0 amide bonds. The van der Waals surface area contributed by atoms with Crippen molar-refractivity contribution in [3.05, 3.63) is 24.3 Å². The van der Waals surface area contributed by atoms with Crippen molar-refractivity contribution in [1.29, 1.82) is 21.0 Å². The molecule has 0 fully saturated rings. The van der Waals surface area contributed by atoms with Crippen molar-refractivity contribution in [3.63, 3.8) is 0 Å². The van der Waals surface area contributed by atoms with Gasteiger partial charge in [-0.3, -0.25) is 0 Å². The van der Waals surface area contributed by atoms with Gasteiger partial charge in [0.2, 0.25) is 0 Å². The molecule has 1 rings (SSSR count). The molecule has 0 bridgehead atoms. The zero-order valence-electron chi connectivity index (χ0n) is 17.5. The topological polar surface area (TPSA) is 95.2 Å². The number of hydrogen-bond acceptors (Lipinski definition) is 4. The van der Waals surface area contributed by atoms with Crippen LogP contribution >= 0.6 is 0 Å². The molecule has 0 radical (unpaired) electrons. The van der Waals surface area contributed by atoms with Gasteiger partial charge in [0.1, 0.15) is 0 Å². The SMILES string of the molecule is C1=C\CC/C=C\CC/1.CC#N.CC#N.CC#N.CC#N.F[B-](F)(F)F.F[B-](F)(F)F.[Ru+2]. The first kappa shape index (κ1) is 46.7. The molecule has 0 atom stereocenters. The van der Waals surface area contributed by atoms with Crippen molar-refractivity contribution in [2.45, 2.75) is 53.4 Å². The first-order chi connectivity index (χ1) is 13.7. The van der Waals surface area contributed by atoms with Crippen LogP contribution in [-0.4, -0.2) is 14.5 Å². The summed E-state index contributed by atoms with van der Waals surface area (Å²) in [6.45, 7) is 5.72. The number of nitriles is 4. The summed E-state index contributed by atoms with van der Waals surface area (Å²) in [5.41, 5.74) is 0. The van der Waals surface area contributed by atoms with E-state index in [0.717, 1.165) is 0 Å². The Morgan fingerprint density at radius 3 is 0.613 bits per heavy atom. The summed E-state index contributed by atoms with van der Waals surface area (Å²) in [7, 11) is -12.0. The molecular formula is C16H24B2F8N4Ru. The molecule has 0 aromatic rings. The van der Waals surface area contributed by atoms with Gasteiger partial charge in [-0.1, -0.05) is 24.3 Å². The standard InChI is InChI=1S/C8H12.4C2H3N.2BF4.Ru/c1-2-4-6-8-7-5-3-1;4*1-2-3;2*2-1(3,4)5;/h1-2,7-8H,3-6H2;4*1H3;;;/q;;;;;2*-1;+2/b2-1-,8-7-;;;;;;;. The van der Waals surface area contributed by atoms with Gasteiger partial charge < -0.3 is 34.5 Å². The van der Waals surface area contributed by atoms with Crippen LogP contribution in [0.1, 0.15) is 53.4 Å². The first-order valence-electron chi connectivity index (χ1n) is 7.94. The summed E-state index contributed by atoms with van der Waals surface area (Å²) >= 11 is 0. The fraction of sp³-hybridized carbons (Fsp3) is 0.500. The third kappa shape index (κ3) is 572. The van der Waals surface area contributed by atoms with Gasteiger partial charge in [-0.15, -0.1) is 0 Å². The number of hydrogen-bond donors (Lipinski definition) is 0. The Hall–Kier alpha value is -2.37. The maximum atomic E-state index is 9.75. The van der Waals surface area contributed by atoms with Crippen molar-refractivity contribution >= 4 is 14.5 Å². The van der Waals surface area contributed by atoms with Gasteiger partial charge in [0.15, 0.2) is 0 Å². The summed E-state index contributed by atoms with van der Waals surface area (Å²) < 4.78 is 78.0. The number of halogens is 8. The fourth-order valence-electron chi connectivity index (χ4n) is 0.856. The van der Waals surface area contributed by atoms with Crippen LogP contribution in [0.4, 0.5) is 34.5 Å². The molecule has 0 spiro atoms. The Bertz CT molecular complexity index is 457. The molecule has 0 aliphatic heterocycles. The summed E-state index contributed by atoms with van der Waals surface area (Å²) in [6, 6.07) is 7.00. The predicted molar refractivity (Wildman–Crippen MR) is 102 cm³/mol. The zero-order valence-corrected chi connectivity index (χ0v) is 19.2. The molecule has 0 aromatic carbocycles. The van der Waals surface area contributed by atoms with Crippen molar-refractivity contribution in [2.75, 3.05) is 0 Å². The molecular weight excluding hydrogens is 523 g/mol. The Balaban J connectivity index is -0.0000000452. The molecule has 0 saturated heterocycles. The largest absolute Gasteiger partial charge is 2.00 e. The Kier molecular flexibility index (Phi) is 63.1. The average Bonchev–Trinajstić information content (AvgIpc) is 2.46. The molecule has 15 heteroatoms.